The van der Waals surface area contributed by atoms with E-state index in [9.17, 15) is 13.2 Å². The van der Waals surface area contributed by atoms with E-state index in [1.807, 2.05) is 0 Å². The average Bonchev–Trinajstić information content (AvgIpc) is 2.45. The summed E-state index contributed by atoms with van der Waals surface area (Å²) in [6.07, 6.45) is -4.43. The standard InChI is InChI=1S/C15H13F3O2/c16-15(17,18)13-3-1-2-4-14(13)20-10-12-7-5-11(9-19)6-8-12/h1-8,19H,9-10H2. The third kappa shape index (κ3) is 3.51. The Kier molecular flexibility index (Phi) is 4.29. The molecule has 0 unspecified atom stereocenters. The molecule has 0 fully saturated rings. The lowest BCUT2D eigenvalue weighted by Gasteiger charge is -2.13. The van der Waals surface area contributed by atoms with Gasteiger partial charge in [0.15, 0.2) is 0 Å². The highest BCUT2D eigenvalue weighted by Crippen LogP contribution is 2.36. The van der Waals surface area contributed by atoms with Gasteiger partial charge in [0.2, 0.25) is 0 Å². The van der Waals surface area contributed by atoms with Crippen molar-refractivity contribution in [3.05, 3.63) is 65.2 Å². The quantitative estimate of drug-likeness (QED) is 0.924. The first kappa shape index (κ1) is 14.4. The molecule has 2 aromatic carbocycles. The Hall–Kier alpha value is -2.01. The minimum Gasteiger partial charge on any atom is -0.488 e. The smallest absolute Gasteiger partial charge is 0.419 e. The predicted octanol–water partition coefficient (Wildman–Crippen LogP) is 3.78. The first-order chi connectivity index (χ1) is 9.50. The van der Waals surface area contributed by atoms with E-state index in [2.05, 4.69) is 0 Å². The molecular formula is C15H13F3O2. The molecule has 0 radical (unpaired) electrons. The van der Waals surface area contributed by atoms with Gasteiger partial charge in [-0.1, -0.05) is 36.4 Å². The van der Waals surface area contributed by atoms with Gasteiger partial charge in [-0.2, -0.15) is 13.2 Å². The molecule has 5 heteroatoms. The van der Waals surface area contributed by atoms with E-state index in [1.54, 1.807) is 24.3 Å². The molecule has 0 amide bonds. The number of hydrogen-bond acceptors (Lipinski definition) is 2. The molecule has 0 aliphatic carbocycles. The number of para-hydroxylation sites is 1. The van der Waals surface area contributed by atoms with E-state index in [0.717, 1.165) is 17.2 Å². The van der Waals surface area contributed by atoms with Crippen LogP contribution < -0.4 is 4.74 Å². The SMILES string of the molecule is OCc1ccc(COc2ccccc2C(F)(F)F)cc1. The van der Waals surface area contributed by atoms with Crippen LogP contribution in [0.3, 0.4) is 0 Å². The zero-order valence-corrected chi connectivity index (χ0v) is 10.5. The summed E-state index contributed by atoms with van der Waals surface area (Å²) in [5, 5.41) is 8.91. The lowest BCUT2D eigenvalue weighted by molar-refractivity contribution is -0.139. The molecule has 0 heterocycles. The van der Waals surface area contributed by atoms with Gasteiger partial charge in [0.25, 0.3) is 0 Å². The third-order valence-electron chi connectivity index (χ3n) is 2.79. The summed E-state index contributed by atoms with van der Waals surface area (Å²) >= 11 is 0. The molecule has 0 aliphatic heterocycles. The van der Waals surface area contributed by atoms with Crippen molar-refractivity contribution in [2.45, 2.75) is 19.4 Å². The van der Waals surface area contributed by atoms with Gasteiger partial charge in [-0.05, 0) is 23.3 Å². The first-order valence-corrected chi connectivity index (χ1v) is 5.98. The minimum atomic E-state index is -4.43. The van der Waals surface area contributed by atoms with Crippen LogP contribution in [0.2, 0.25) is 0 Å². The number of halogens is 3. The van der Waals surface area contributed by atoms with Crippen molar-refractivity contribution in [2.24, 2.45) is 0 Å². The van der Waals surface area contributed by atoms with Crippen molar-refractivity contribution in [2.75, 3.05) is 0 Å². The minimum absolute atomic E-state index is 0.0405. The number of hydrogen-bond donors (Lipinski definition) is 1. The van der Waals surface area contributed by atoms with Gasteiger partial charge >= 0.3 is 6.18 Å². The van der Waals surface area contributed by atoms with Gasteiger partial charge in [-0.25, -0.2) is 0 Å². The number of rotatable bonds is 4. The van der Waals surface area contributed by atoms with Crippen molar-refractivity contribution < 1.29 is 23.0 Å². The summed E-state index contributed by atoms with van der Waals surface area (Å²) in [4.78, 5) is 0. The van der Waals surface area contributed by atoms with Crippen LogP contribution >= 0.6 is 0 Å². The van der Waals surface area contributed by atoms with Gasteiger partial charge in [-0.3, -0.25) is 0 Å². The molecule has 20 heavy (non-hydrogen) atoms. The van der Waals surface area contributed by atoms with Crippen LogP contribution in [-0.4, -0.2) is 5.11 Å². The Balaban J connectivity index is 2.10. The number of ether oxygens (including phenoxy) is 1. The van der Waals surface area contributed by atoms with Crippen molar-refractivity contribution in [3.63, 3.8) is 0 Å². The number of alkyl halides is 3. The zero-order valence-electron chi connectivity index (χ0n) is 10.5. The molecule has 0 bridgehead atoms. The molecule has 2 rings (SSSR count). The molecule has 1 N–H and O–H groups in total. The Morgan fingerprint density at radius 2 is 1.50 bits per heavy atom. The van der Waals surface area contributed by atoms with E-state index in [0.29, 0.717) is 0 Å². The maximum atomic E-state index is 12.8. The molecule has 0 spiro atoms. The van der Waals surface area contributed by atoms with Crippen LogP contribution in [0, 0.1) is 0 Å². The highest BCUT2D eigenvalue weighted by atomic mass is 19.4. The summed E-state index contributed by atoms with van der Waals surface area (Å²) < 4.78 is 43.5. The van der Waals surface area contributed by atoms with Gasteiger partial charge in [0.1, 0.15) is 12.4 Å². The summed E-state index contributed by atoms with van der Waals surface area (Å²) in [5.41, 5.74) is 0.690. The lowest BCUT2D eigenvalue weighted by atomic mass is 10.1. The second kappa shape index (κ2) is 5.96. The number of aliphatic hydroxyl groups excluding tert-OH is 1. The van der Waals surface area contributed by atoms with Gasteiger partial charge in [0.05, 0.1) is 12.2 Å². The van der Waals surface area contributed by atoms with Crippen LogP contribution in [0.1, 0.15) is 16.7 Å². The molecule has 0 saturated carbocycles. The van der Waals surface area contributed by atoms with E-state index >= 15 is 0 Å². The van der Waals surface area contributed by atoms with Gasteiger partial charge < -0.3 is 9.84 Å². The summed E-state index contributed by atoms with van der Waals surface area (Å²) in [6.45, 7) is -0.0309. The molecule has 0 aromatic heterocycles. The van der Waals surface area contributed by atoms with Crippen LogP contribution in [0.25, 0.3) is 0 Å². The normalized spacial score (nSPS) is 11.4. The van der Waals surface area contributed by atoms with Crippen LogP contribution in [-0.2, 0) is 19.4 Å². The van der Waals surface area contributed by atoms with Crippen LogP contribution in [0.15, 0.2) is 48.5 Å². The fraction of sp³-hybridized carbons (Fsp3) is 0.200. The highest BCUT2D eigenvalue weighted by Gasteiger charge is 2.33. The monoisotopic (exact) mass is 282 g/mol. The third-order valence-corrected chi connectivity index (χ3v) is 2.79. The Bertz CT molecular complexity index is 562. The Labute approximate surface area is 114 Å². The van der Waals surface area contributed by atoms with E-state index in [-0.39, 0.29) is 19.0 Å². The van der Waals surface area contributed by atoms with E-state index < -0.39 is 11.7 Å². The van der Waals surface area contributed by atoms with Crippen molar-refractivity contribution in [1.82, 2.24) is 0 Å². The fourth-order valence-electron chi connectivity index (χ4n) is 1.73. The zero-order chi connectivity index (χ0) is 14.6. The van der Waals surface area contributed by atoms with Crippen LogP contribution in [0.5, 0.6) is 5.75 Å². The summed E-state index contributed by atoms with van der Waals surface area (Å²) in [5.74, 6) is -0.189. The molecule has 0 aliphatic rings. The molecule has 0 saturated heterocycles. The Morgan fingerprint density at radius 1 is 0.900 bits per heavy atom. The first-order valence-electron chi connectivity index (χ1n) is 5.98. The van der Waals surface area contributed by atoms with Crippen LogP contribution in [0.4, 0.5) is 13.2 Å². The number of benzene rings is 2. The molecule has 106 valence electrons. The molecule has 2 aromatic rings. The number of aliphatic hydroxyl groups is 1. The maximum absolute atomic E-state index is 12.8. The van der Waals surface area contributed by atoms with Crippen molar-refractivity contribution in [1.29, 1.82) is 0 Å². The molecular weight excluding hydrogens is 269 g/mol. The molecule has 0 atom stereocenters. The van der Waals surface area contributed by atoms with E-state index in [4.69, 9.17) is 9.84 Å². The Morgan fingerprint density at radius 3 is 2.10 bits per heavy atom. The lowest BCUT2D eigenvalue weighted by Crippen LogP contribution is -2.08. The predicted molar refractivity (Wildman–Crippen MR) is 68.1 cm³/mol. The van der Waals surface area contributed by atoms with Crippen molar-refractivity contribution >= 4 is 0 Å². The fourth-order valence-corrected chi connectivity index (χ4v) is 1.73. The summed E-state index contributed by atoms with van der Waals surface area (Å²) in [6, 6.07) is 11.9. The van der Waals surface area contributed by atoms with E-state index in [1.165, 1.54) is 18.2 Å². The van der Waals surface area contributed by atoms with Gasteiger partial charge in [0, 0.05) is 0 Å². The maximum Gasteiger partial charge on any atom is 0.419 e. The largest absolute Gasteiger partial charge is 0.488 e. The van der Waals surface area contributed by atoms with Crippen molar-refractivity contribution in [3.8, 4) is 5.75 Å². The molecule has 2 nitrogen and oxygen atoms in total. The topological polar surface area (TPSA) is 29.5 Å². The average molecular weight is 282 g/mol. The van der Waals surface area contributed by atoms with Gasteiger partial charge in [-0.15, -0.1) is 0 Å². The highest BCUT2D eigenvalue weighted by molar-refractivity contribution is 5.35. The summed E-state index contributed by atoms with van der Waals surface area (Å²) in [7, 11) is 0. The second-order valence-electron chi connectivity index (χ2n) is 4.26. The second-order valence-corrected chi connectivity index (χ2v) is 4.26.